The Labute approximate surface area is 87.2 Å². The maximum absolute atomic E-state index is 6.11. The van der Waals surface area contributed by atoms with Gasteiger partial charge in [0.05, 0.1) is 6.10 Å². The van der Waals surface area contributed by atoms with E-state index in [1.54, 1.807) is 0 Å². The molecule has 2 rings (SSSR count). The fraction of sp³-hybridized carbons (Fsp3) is 1.00. The van der Waals surface area contributed by atoms with Crippen molar-refractivity contribution < 1.29 is 4.74 Å². The van der Waals surface area contributed by atoms with Crippen LogP contribution in [0.25, 0.3) is 0 Å². The van der Waals surface area contributed by atoms with Crippen LogP contribution in [0.4, 0.5) is 0 Å². The first-order valence-corrected chi connectivity index (χ1v) is 6.22. The van der Waals surface area contributed by atoms with Gasteiger partial charge in [-0.2, -0.15) is 0 Å². The molecular weight excluding hydrogens is 174 g/mol. The first-order chi connectivity index (χ1) is 6.84. The third-order valence-electron chi connectivity index (χ3n) is 3.74. The molecule has 0 bridgehead atoms. The smallest absolute Gasteiger partial charge is 0.0576 e. The molecule has 2 heteroatoms. The van der Waals surface area contributed by atoms with Gasteiger partial charge in [0.2, 0.25) is 0 Å². The molecule has 0 aromatic heterocycles. The summed E-state index contributed by atoms with van der Waals surface area (Å²) in [4.78, 5) is 0. The van der Waals surface area contributed by atoms with E-state index in [9.17, 15) is 0 Å². The molecule has 2 fully saturated rings. The highest BCUT2D eigenvalue weighted by molar-refractivity contribution is 4.76. The summed E-state index contributed by atoms with van der Waals surface area (Å²) in [6, 6.07) is 0.435. The fourth-order valence-corrected chi connectivity index (χ4v) is 2.55. The zero-order chi connectivity index (χ0) is 9.80. The lowest BCUT2D eigenvalue weighted by Gasteiger charge is -2.28. The second-order valence-corrected chi connectivity index (χ2v) is 5.01. The minimum Gasteiger partial charge on any atom is -0.378 e. The lowest BCUT2D eigenvalue weighted by Crippen LogP contribution is -2.27. The topological polar surface area (TPSA) is 35.2 Å². The first-order valence-electron chi connectivity index (χ1n) is 6.22. The van der Waals surface area contributed by atoms with E-state index < -0.39 is 0 Å². The summed E-state index contributed by atoms with van der Waals surface area (Å²) in [5.41, 5.74) is 6.11. The minimum absolute atomic E-state index is 0.435. The Kier molecular flexibility index (Phi) is 3.82. The van der Waals surface area contributed by atoms with Crippen molar-refractivity contribution in [2.24, 2.45) is 11.7 Å². The lowest BCUT2D eigenvalue weighted by atomic mass is 9.80. The van der Waals surface area contributed by atoms with Crippen LogP contribution in [0, 0.1) is 5.92 Å². The minimum atomic E-state index is 0.435. The third-order valence-corrected chi connectivity index (χ3v) is 3.74. The molecule has 1 saturated carbocycles. The molecule has 1 heterocycles. The van der Waals surface area contributed by atoms with Crippen molar-refractivity contribution in [2.45, 2.75) is 63.5 Å². The zero-order valence-electron chi connectivity index (χ0n) is 9.08. The van der Waals surface area contributed by atoms with E-state index >= 15 is 0 Å². The van der Waals surface area contributed by atoms with Crippen LogP contribution in [0.15, 0.2) is 0 Å². The van der Waals surface area contributed by atoms with Crippen molar-refractivity contribution in [1.29, 1.82) is 0 Å². The van der Waals surface area contributed by atoms with Crippen LogP contribution >= 0.6 is 0 Å². The molecule has 0 amide bonds. The number of nitrogens with two attached hydrogens (primary N) is 1. The molecular formula is C12H23NO. The summed E-state index contributed by atoms with van der Waals surface area (Å²) in [7, 11) is 0. The van der Waals surface area contributed by atoms with E-state index in [1.165, 1.54) is 51.4 Å². The van der Waals surface area contributed by atoms with Crippen molar-refractivity contribution in [2.75, 3.05) is 6.61 Å². The van der Waals surface area contributed by atoms with E-state index in [1.807, 2.05) is 0 Å². The molecule has 0 aromatic carbocycles. The predicted molar refractivity (Wildman–Crippen MR) is 58.1 cm³/mol. The van der Waals surface area contributed by atoms with Gasteiger partial charge < -0.3 is 10.5 Å². The molecule has 0 aromatic rings. The van der Waals surface area contributed by atoms with Gasteiger partial charge in [-0.15, -0.1) is 0 Å². The molecule has 0 spiro atoms. The van der Waals surface area contributed by atoms with E-state index in [-0.39, 0.29) is 0 Å². The molecule has 1 aliphatic heterocycles. The Balaban J connectivity index is 1.54. The first kappa shape index (κ1) is 10.4. The van der Waals surface area contributed by atoms with E-state index in [0.717, 1.165) is 12.5 Å². The third kappa shape index (κ3) is 2.96. The van der Waals surface area contributed by atoms with Gasteiger partial charge in [0, 0.05) is 12.6 Å². The predicted octanol–water partition coefficient (Wildman–Crippen LogP) is 2.46. The average Bonchev–Trinajstić information content (AvgIpc) is 2.60. The van der Waals surface area contributed by atoms with Crippen LogP contribution in [0.1, 0.15) is 51.4 Å². The monoisotopic (exact) mass is 197 g/mol. The summed E-state index contributed by atoms with van der Waals surface area (Å²) in [6.07, 6.45) is 10.9. The van der Waals surface area contributed by atoms with E-state index in [4.69, 9.17) is 10.5 Å². The van der Waals surface area contributed by atoms with Gasteiger partial charge in [0.1, 0.15) is 0 Å². The highest BCUT2D eigenvalue weighted by Gasteiger charge is 2.21. The van der Waals surface area contributed by atoms with Gasteiger partial charge in [0.15, 0.2) is 0 Å². The van der Waals surface area contributed by atoms with Gasteiger partial charge in [-0.1, -0.05) is 19.3 Å². The number of rotatable bonds is 5. The summed E-state index contributed by atoms with van der Waals surface area (Å²) in [5.74, 6) is 0.953. The van der Waals surface area contributed by atoms with Crippen LogP contribution in [-0.4, -0.2) is 18.8 Å². The van der Waals surface area contributed by atoms with Crippen molar-refractivity contribution in [3.8, 4) is 0 Å². The summed E-state index contributed by atoms with van der Waals surface area (Å²) >= 11 is 0. The number of hydrogen-bond donors (Lipinski definition) is 1. The van der Waals surface area contributed by atoms with Gasteiger partial charge in [-0.3, -0.25) is 0 Å². The Morgan fingerprint density at radius 1 is 1.21 bits per heavy atom. The second kappa shape index (κ2) is 5.13. The molecule has 2 aliphatic rings. The highest BCUT2D eigenvalue weighted by Crippen LogP contribution is 2.31. The number of ether oxygens (including phenoxy) is 1. The van der Waals surface area contributed by atoms with Crippen molar-refractivity contribution in [1.82, 2.24) is 0 Å². The summed E-state index contributed by atoms with van der Waals surface area (Å²) in [6.45, 7) is 0.975. The molecule has 2 atom stereocenters. The lowest BCUT2D eigenvalue weighted by molar-refractivity contribution is 0.0992. The quantitative estimate of drug-likeness (QED) is 0.735. The molecule has 1 aliphatic carbocycles. The Bertz CT molecular complexity index is 162. The largest absolute Gasteiger partial charge is 0.378 e. The van der Waals surface area contributed by atoms with Crippen LogP contribution in [-0.2, 0) is 4.74 Å². The maximum atomic E-state index is 6.11. The van der Waals surface area contributed by atoms with Crippen molar-refractivity contribution >= 4 is 0 Å². The highest BCUT2D eigenvalue weighted by atomic mass is 16.5. The Morgan fingerprint density at radius 3 is 2.64 bits per heavy atom. The van der Waals surface area contributed by atoms with E-state index in [2.05, 4.69) is 0 Å². The van der Waals surface area contributed by atoms with Crippen LogP contribution in [0.3, 0.4) is 0 Å². The van der Waals surface area contributed by atoms with Gasteiger partial charge in [-0.05, 0) is 38.0 Å². The zero-order valence-corrected chi connectivity index (χ0v) is 9.08. The summed E-state index contributed by atoms with van der Waals surface area (Å²) in [5, 5.41) is 0. The molecule has 82 valence electrons. The van der Waals surface area contributed by atoms with Crippen LogP contribution in [0.2, 0.25) is 0 Å². The normalized spacial score (nSPS) is 30.2. The Hall–Kier alpha value is -0.0800. The Morgan fingerprint density at radius 2 is 2.07 bits per heavy atom. The molecule has 14 heavy (non-hydrogen) atoms. The van der Waals surface area contributed by atoms with E-state index in [0.29, 0.717) is 12.1 Å². The number of hydrogen-bond acceptors (Lipinski definition) is 2. The van der Waals surface area contributed by atoms with Crippen molar-refractivity contribution in [3.05, 3.63) is 0 Å². The van der Waals surface area contributed by atoms with Gasteiger partial charge in [-0.25, -0.2) is 0 Å². The van der Waals surface area contributed by atoms with Crippen LogP contribution in [0.5, 0.6) is 0 Å². The molecule has 1 saturated heterocycles. The fourth-order valence-electron chi connectivity index (χ4n) is 2.55. The van der Waals surface area contributed by atoms with Gasteiger partial charge in [0.25, 0.3) is 0 Å². The SMILES string of the molecule is NC(CCC1CCCO1)CC1CCC1. The maximum Gasteiger partial charge on any atom is 0.0576 e. The summed E-state index contributed by atoms with van der Waals surface area (Å²) < 4.78 is 5.59. The van der Waals surface area contributed by atoms with Crippen LogP contribution < -0.4 is 5.73 Å². The standard InChI is InChI=1S/C12H23NO/c13-11(9-10-3-1-4-10)6-7-12-5-2-8-14-12/h10-12H,1-9,13H2. The molecule has 2 unspecified atom stereocenters. The average molecular weight is 197 g/mol. The molecule has 2 nitrogen and oxygen atoms in total. The second-order valence-electron chi connectivity index (χ2n) is 5.01. The van der Waals surface area contributed by atoms with Crippen molar-refractivity contribution in [3.63, 3.8) is 0 Å². The molecule has 0 radical (unpaired) electrons. The van der Waals surface area contributed by atoms with Gasteiger partial charge >= 0.3 is 0 Å². The molecule has 2 N–H and O–H groups in total.